The Labute approximate surface area is 57.7 Å². The molecule has 0 unspecified atom stereocenters. The van der Waals surface area contributed by atoms with Gasteiger partial charge in [0.15, 0.2) is 0 Å². The van der Waals surface area contributed by atoms with Crippen LogP contribution in [0.1, 0.15) is 0 Å². The van der Waals surface area contributed by atoms with Crippen LogP contribution in [0.5, 0.6) is 0 Å². The van der Waals surface area contributed by atoms with Crippen LogP contribution in [0.3, 0.4) is 0 Å². The summed E-state index contributed by atoms with van der Waals surface area (Å²) in [6, 6.07) is 0. The molecule has 0 saturated carbocycles. The third-order valence-corrected chi connectivity index (χ3v) is 1.09. The lowest BCUT2D eigenvalue weighted by Gasteiger charge is -2.01. The second-order valence-corrected chi connectivity index (χ2v) is 1.79. The van der Waals surface area contributed by atoms with Crippen molar-refractivity contribution in [1.29, 1.82) is 0 Å². The van der Waals surface area contributed by atoms with E-state index in [0.717, 1.165) is 0 Å². The molecule has 0 atom stereocenters. The number of nitrogens with one attached hydrogen (secondary N) is 1. The van der Waals surface area contributed by atoms with Crippen LogP contribution >= 0.6 is 0 Å². The fourth-order valence-corrected chi connectivity index (χ4v) is 0.614. The fraction of sp³-hybridized carbons (Fsp3) is 0.400. The van der Waals surface area contributed by atoms with Crippen LogP contribution in [0, 0.1) is 0 Å². The zero-order valence-corrected chi connectivity index (χ0v) is 5.83. The van der Waals surface area contributed by atoms with Crippen molar-refractivity contribution in [3.05, 3.63) is 16.6 Å². The van der Waals surface area contributed by atoms with Gasteiger partial charge in [-0.05, 0) is 0 Å². The molecule has 1 aromatic rings. The largest absolute Gasteiger partial charge is 0.357 e. The molecule has 0 spiro atoms. The third kappa shape index (κ3) is 1.12. The molecular weight excluding hydrogens is 132 g/mol. The highest BCUT2D eigenvalue weighted by Crippen LogP contribution is 1.89. The highest BCUT2D eigenvalue weighted by molar-refractivity contribution is 5.19. The molecule has 0 fully saturated rings. The monoisotopic (exact) mass is 140 g/mol. The normalized spacial score (nSPS) is 9.40. The summed E-state index contributed by atoms with van der Waals surface area (Å²) >= 11 is 0. The fourth-order valence-electron chi connectivity index (χ4n) is 0.614. The minimum atomic E-state index is -0.331. The van der Waals surface area contributed by atoms with Crippen LogP contribution in [0.4, 0.5) is 5.95 Å². The Morgan fingerprint density at radius 1 is 1.70 bits per heavy atom. The van der Waals surface area contributed by atoms with E-state index in [2.05, 4.69) is 15.4 Å². The molecule has 10 heavy (non-hydrogen) atoms. The minimum Gasteiger partial charge on any atom is -0.357 e. The Morgan fingerprint density at radius 2 is 2.40 bits per heavy atom. The lowest BCUT2D eigenvalue weighted by Crippen LogP contribution is -2.16. The molecule has 54 valence electrons. The highest BCUT2D eigenvalue weighted by Gasteiger charge is 1.94. The van der Waals surface area contributed by atoms with Gasteiger partial charge in [0.1, 0.15) is 6.20 Å². The number of nitrogens with zero attached hydrogens (tertiary/aromatic N) is 3. The summed E-state index contributed by atoms with van der Waals surface area (Å²) in [5, 5.41) is 6.45. The first-order valence-electron chi connectivity index (χ1n) is 2.82. The maximum absolute atomic E-state index is 10.6. The van der Waals surface area contributed by atoms with Crippen LogP contribution in [0.2, 0.25) is 0 Å². The van der Waals surface area contributed by atoms with E-state index in [4.69, 9.17) is 0 Å². The summed E-state index contributed by atoms with van der Waals surface area (Å²) in [7, 11) is 3.39. The van der Waals surface area contributed by atoms with Crippen molar-refractivity contribution in [1.82, 2.24) is 14.8 Å². The Kier molecular flexibility index (Phi) is 1.66. The van der Waals surface area contributed by atoms with Gasteiger partial charge in [0.2, 0.25) is 5.95 Å². The summed E-state index contributed by atoms with van der Waals surface area (Å²) in [5.74, 6) is 0.465. The topological polar surface area (TPSA) is 59.8 Å². The molecular formula is C5H8N4O. The smallest absolute Gasteiger partial charge is 0.293 e. The van der Waals surface area contributed by atoms with Crippen molar-refractivity contribution < 1.29 is 0 Å². The van der Waals surface area contributed by atoms with Gasteiger partial charge in [-0.2, -0.15) is 10.1 Å². The van der Waals surface area contributed by atoms with Gasteiger partial charge in [-0.15, -0.1) is 0 Å². The maximum atomic E-state index is 10.6. The van der Waals surface area contributed by atoms with Crippen molar-refractivity contribution in [2.45, 2.75) is 0 Å². The van der Waals surface area contributed by atoms with Gasteiger partial charge < -0.3 is 5.32 Å². The number of hydrogen-bond donors (Lipinski definition) is 1. The van der Waals surface area contributed by atoms with Gasteiger partial charge >= 0.3 is 0 Å². The minimum absolute atomic E-state index is 0.331. The van der Waals surface area contributed by atoms with Crippen molar-refractivity contribution >= 4 is 5.95 Å². The third-order valence-electron chi connectivity index (χ3n) is 1.09. The quantitative estimate of drug-likeness (QED) is 0.555. The van der Waals surface area contributed by atoms with Crippen molar-refractivity contribution in [3.63, 3.8) is 0 Å². The summed E-state index contributed by atoms with van der Waals surface area (Å²) in [4.78, 5) is 14.2. The van der Waals surface area contributed by atoms with Crippen LogP contribution in [0.15, 0.2) is 11.0 Å². The maximum Gasteiger partial charge on any atom is 0.293 e. The van der Waals surface area contributed by atoms with E-state index < -0.39 is 0 Å². The van der Waals surface area contributed by atoms with Gasteiger partial charge in [-0.3, -0.25) is 4.79 Å². The standard InChI is InChI=1S/C5H8N4O/c1-6-5-8-4(10)3-7-9(5)2/h3H,1-2H3,(H,6,8,10). The number of aromatic nitrogens is 3. The van der Waals surface area contributed by atoms with Crippen molar-refractivity contribution in [2.75, 3.05) is 12.4 Å². The molecule has 1 aromatic heterocycles. The summed E-state index contributed by atoms with van der Waals surface area (Å²) in [5.41, 5.74) is -0.331. The second kappa shape index (κ2) is 2.47. The SMILES string of the molecule is CNc1nc(=O)cnn1C. The van der Waals surface area contributed by atoms with E-state index in [1.807, 2.05) is 0 Å². The Morgan fingerprint density at radius 3 is 2.90 bits per heavy atom. The first kappa shape index (κ1) is 6.73. The van der Waals surface area contributed by atoms with E-state index in [9.17, 15) is 4.79 Å². The summed E-state index contributed by atoms with van der Waals surface area (Å²) in [6.07, 6.45) is 1.17. The highest BCUT2D eigenvalue weighted by atomic mass is 16.1. The van der Waals surface area contributed by atoms with Gasteiger partial charge in [-0.1, -0.05) is 0 Å². The first-order valence-corrected chi connectivity index (χ1v) is 2.82. The average molecular weight is 140 g/mol. The average Bonchev–Trinajstić information content (AvgIpc) is 1.94. The molecule has 0 radical (unpaired) electrons. The number of rotatable bonds is 1. The van der Waals surface area contributed by atoms with Gasteiger partial charge in [0.25, 0.3) is 5.56 Å². The van der Waals surface area contributed by atoms with Crippen LogP contribution in [-0.4, -0.2) is 21.8 Å². The molecule has 0 bridgehead atoms. The molecule has 0 saturated heterocycles. The van der Waals surface area contributed by atoms with E-state index in [1.54, 1.807) is 14.1 Å². The molecule has 0 aromatic carbocycles. The van der Waals surface area contributed by atoms with E-state index >= 15 is 0 Å². The van der Waals surface area contributed by atoms with Crippen LogP contribution in [-0.2, 0) is 7.05 Å². The number of hydrogen-bond acceptors (Lipinski definition) is 4. The van der Waals surface area contributed by atoms with Crippen molar-refractivity contribution in [3.8, 4) is 0 Å². The summed E-state index contributed by atoms with van der Waals surface area (Å²) < 4.78 is 1.49. The Hall–Kier alpha value is -1.39. The zero-order chi connectivity index (χ0) is 7.56. The predicted molar refractivity (Wildman–Crippen MR) is 36.8 cm³/mol. The second-order valence-electron chi connectivity index (χ2n) is 1.79. The molecule has 1 heterocycles. The lowest BCUT2D eigenvalue weighted by molar-refractivity contribution is 0.715. The van der Waals surface area contributed by atoms with Crippen LogP contribution in [0.25, 0.3) is 0 Å². The van der Waals surface area contributed by atoms with Crippen molar-refractivity contribution in [2.24, 2.45) is 7.05 Å². The Balaban J connectivity index is 3.22. The zero-order valence-electron chi connectivity index (χ0n) is 5.83. The predicted octanol–water partition coefficient (Wildman–Crippen LogP) is -0.783. The first-order chi connectivity index (χ1) is 4.74. The van der Waals surface area contributed by atoms with Crippen LogP contribution < -0.4 is 10.9 Å². The molecule has 5 nitrogen and oxygen atoms in total. The summed E-state index contributed by atoms with van der Waals surface area (Å²) in [6.45, 7) is 0. The van der Waals surface area contributed by atoms with E-state index in [0.29, 0.717) is 5.95 Å². The van der Waals surface area contributed by atoms with Gasteiger partial charge in [-0.25, -0.2) is 4.68 Å². The van der Waals surface area contributed by atoms with Gasteiger partial charge in [0.05, 0.1) is 0 Å². The molecule has 1 N–H and O–H groups in total. The molecule has 1 rings (SSSR count). The van der Waals surface area contributed by atoms with Gasteiger partial charge in [0, 0.05) is 14.1 Å². The molecule has 0 aliphatic heterocycles. The molecule has 5 heteroatoms. The number of aryl methyl sites for hydroxylation is 1. The molecule has 0 aliphatic rings. The van der Waals surface area contributed by atoms with E-state index in [1.165, 1.54) is 10.9 Å². The molecule has 0 aliphatic carbocycles. The Bertz CT molecular complexity index is 279. The number of anilines is 1. The molecule has 0 amide bonds. The van der Waals surface area contributed by atoms with E-state index in [-0.39, 0.29) is 5.56 Å². The lowest BCUT2D eigenvalue weighted by atomic mass is 10.8.